The molecule has 3 aromatic rings. The maximum atomic E-state index is 14.1. The molecule has 0 spiro atoms. The minimum Gasteiger partial charge on any atom is -0.497 e. The van der Waals surface area contributed by atoms with Crippen LogP contribution in [0.25, 0.3) is 0 Å². The number of sulfonamides is 1. The molecule has 2 atom stereocenters. The summed E-state index contributed by atoms with van der Waals surface area (Å²) in [6, 6.07) is 21.4. The van der Waals surface area contributed by atoms with E-state index in [0.29, 0.717) is 12.2 Å². The first kappa shape index (κ1) is 30.7. The molecule has 8 nitrogen and oxygen atoms in total. The van der Waals surface area contributed by atoms with E-state index in [0.717, 1.165) is 21.9 Å². The van der Waals surface area contributed by atoms with Gasteiger partial charge in [-0.05, 0) is 62.1 Å². The predicted octanol–water partition coefficient (Wildman–Crippen LogP) is 4.92. The van der Waals surface area contributed by atoms with Gasteiger partial charge in [0.1, 0.15) is 18.3 Å². The Hall–Kier alpha value is -3.85. The summed E-state index contributed by atoms with van der Waals surface area (Å²) in [5, 5.41) is 2.99. The molecule has 214 valence electrons. The van der Waals surface area contributed by atoms with Gasteiger partial charge in [0, 0.05) is 18.7 Å². The molecule has 9 heteroatoms. The Balaban J connectivity index is 2.08. The first-order valence-electron chi connectivity index (χ1n) is 13.5. The van der Waals surface area contributed by atoms with Crippen LogP contribution in [0.2, 0.25) is 0 Å². The quantitative estimate of drug-likeness (QED) is 0.317. The van der Waals surface area contributed by atoms with E-state index in [9.17, 15) is 18.0 Å². The van der Waals surface area contributed by atoms with Gasteiger partial charge in [0.25, 0.3) is 10.0 Å². The number of aryl methyl sites for hydroxylation is 1. The van der Waals surface area contributed by atoms with Gasteiger partial charge in [0.2, 0.25) is 11.8 Å². The van der Waals surface area contributed by atoms with Crippen molar-refractivity contribution in [3.05, 3.63) is 90.0 Å². The van der Waals surface area contributed by atoms with Crippen molar-refractivity contribution >= 4 is 27.5 Å². The van der Waals surface area contributed by atoms with E-state index >= 15 is 0 Å². The van der Waals surface area contributed by atoms with Crippen LogP contribution in [-0.4, -0.2) is 50.9 Å². The molecular weight excluding hydrogens is 526 g/mol. The first-order chi connectivity index (χ1) is 19.1. The summed E-state index contributed by atoms with van der Waals surface area (Å²) in [6.07, 6.45) is 1.11. The van der Waals surface area contributed by atoms with Gasteiger partial charge in [-0.1, -0.05) is 62.4 Å². The maximum Gasteiger partial charge on any atom is 0.264 e. The van der Waals surface area contributed by atoms with E-state index in [1.807, 2.05) is 52.0 Å². The second-order valence-corrected chi connectivity index (χ2v) is 11.6. The molecule has 0 bridgehead atoms. The number of nitrogens with one attached hydrogen (secondary N) is 1. The van der Waals surface area contributed by atoms with Crippen LogP contribution >= 0.6 is 0 Å². The van der Waals surface area contributed by atoms with Crippen LogP contribution < -0.4 is 14.4 Å². The number of amides is 2. The number of anilines is 1. The van der Waals surface area contributed by atoms with Gasteiger partial charge in [-0.3, -0.25) is 13.9 Å². The largest absolute Gasteiger partial charge is 0.497 e. The number of benzene rings is 3. The molecule has 0 saturated heterocycles. The van der Waals surface area contributed by atoms with Gasteiger partial charge < -0.3 is 15.0 Å². The van der Waals surface area contributed by atoms with Gasteiger partial charge in [-0.15, -0.1) is 0 Å². The Morgan fingerprint density at radius 1 is 0.925 bits per heavy atom. The van der Waals surface area contributed by atoms with Gasteiger partial charge in [-0.2, -0.15) is 0 Å². The van der Waals surface area contributed by atoms with Crippen LogP contribution in [0.1, 0.15) is 44.7 Å². The molecule has 0 aliphatic heterocycles. The number of nitrogens with zero attached hydrogens (tertiary/aromatic N) is 2. The highest BCUT2D eigenvalue weighted by molar-refractivity contribution is 7.92. The zero-order valence-corrected chi connectivity index (χ0v) is 24.6. The van der Waals surface area contributed by atoms with E-state index < -0.39 is 28.5 Å². The molecule has 1 N–H and O–H groups in total. The van der Waals surface area contributed by atoms with Gasteiger partial charge in [0.05, 0.1) is 17.7 Å². The minimum absolute atomic E-state index is 0.0534. The van der Waals surface area contributed by atoms with Crippen LogP contribution in [0, 0.1) is 6.92 Å². The number of methoxy groups -OCH3 is 1. The topological polar surface area (TPSA) is 96.0 Å². The molecule has 0 fully saturated rings. The second-order valence-electron chi connectivity index (χ2n) is 9.72. The third kappa shape index (κ3) is 7.41. The highest BCUT2D eigenvalue weighted by Gasteiger charge is 2.34. The molecule has 40 heavy (non-hydrogen) atoms. The SMILES string of the molecule is CC[C@@H](C)NC(=O)[C@H](CC)N(Cc1ccccc1C)C(=O)CN(c1cccc(OC)c1)S(=O)(=O)c1ccccc1. The summed E-state index contributed by atoms with van der Waals surface area (Å²) >= 11 is 0. The van der Waals surface area contributed by atoms with Gasteiger partial charge in [-0.25, -0.2) is 8.42 Å². The molecule has 0 unspecified atom stereocenters. The second kappa shape index (κ2) is 14.0. The number of hydrogen-bond acceptors (Lipinski definition) is 5. The lowest BCUT2D eigenvalue weighted by Crippen LogP contribution is -2.53. The fourth-order valence-corrected chi connectivity index (χ4v) is 5.77. The normalized spacial score (nSPS) is 12.7. The summed E-state index contributed by atoms with van der Waals surface area (Å²) in [6.45, 7) is 7.34. The number of hydrogen-bond donors (Lipinski definition) is 1. The summed E-state index contributed by atoms with van der Waals surface area (Å²) in [5.41, 5.74) is 2.13. The molecule has 3 aromatic carbocycles. The third-order valence-electron chi connectivity index (χ3n) is 6.94. The van der Waals surface area contributed by atoms with Crippen molar-refractivity contribution in [2.75, 3.05) is 18.0 Å². The van der Waals surface area contributed by atoms with Crippen molar-refractivity contribution in [1.29, 1.82) is 0 Å². The van der Waals surface area contributed by atoms with Crippen molar-refractivity contribution in [2.45, 2.75) is 64.1 Å². The Bertz CT molecular complexity index is 1390. The van der Waals surface area contributed by atoms with Crippen molar-refractivity contribution in [3.63, 3.8) is 0 Å². The van der Waals surface area contributed by atoms with Crippen molar-refractivity contribution in [3.8, 4) is 5.75 Å². The van der Waals surface area contributed by atoms with E-state index in [1.165, 1.54) is 24.1 Å². The lowest BCUT2D eigenvalue weighted by Gasteiger charge is -2.34. The molecular formula is C31H39N3O5S. The van der Waals surface area contributed by atoms with Crippen LogP contribution in [0.4, 0.5) is 5.69 Å². The average Bonchev–Trinajstić information content (AvgIpc) is 2.96. The Morgan fingerprint density at radius 3 is 2.23 bits per heavy atom. The number of carbonyl (C=O) groups is 2. The predicted molar refractivity (Wildman–Crippen MR) is 158 cm³/mol. The molecule has 0 aliphatic rings. The molecule has 2 amide bonds. The van der Waals surface area contributed by atoms with Crippen molar-refractivity contribution < 1.29 is 22.7 Å². The van der Waals surface area contributed by atoms with Crippen LogP contribution in [0.5, 0.6) is 5.75 Å². The number of rotatable bonds is 13. The molecule has 3 rings (SSSR count). The zero-order valence-electron chi connectivity index (χ0n) is 23.8. The lowest BCUT2D eigenvalue weighted by atomic mass is 10.1. The molecule has 0 aromatic heterocycles. The van der Waals surface area contributed by atoms with E-state index in [-0.39, 0.29) is 29.1 Å². The number of ether oxygens (including phenoxy) is 1. The Morgan fingerprint density at radius 2 is 1.60 bits per heavy atom. The van der Waals surface area contributed by atoms with E-state index in [2.05, 4.69) is 5.32 Å². The minimum atomic E-state index is -4.13. The monoisotopic (exact) mass is 565 g/mol. The van der Waals surface area contributed by atoms with Gasteiger partial charge >= 0.3 is 0 Å². The fraction of sp³-hybridized carbons (Fsp3) is 0.355. The number of carbonyl (C=O) groups excluding carboxylic acids is 2. The summed E-state index contributed by atoms with van der Waals surface area (Å²) in [4.78, 5) is 29.1. The highest BCUT2D eigenvalue weighted by atomic mass is 32.2. The van der Waals surface area contributed by atoms with Crippen molar-refractivity contribution in [2.24, 2.45) is 0 Å². The summed E-state index contributed by atoms with van der Waals surface area (Å²) < 4.78 is 34.2. The Kier molecular flexibility index (Phi) is 10.7. The summed E-state index contributed by atoms with van der Waals surface area (Å²) in [7, 11) is -2.64. The smallest absolute Gasteiger partial charge is 0.264 e. The van der Waals surface area contributed by atoms with Crippen LogP contribution in [0.15, 0.2) is 83.8 Å². The van der Waals surface area contributed by atoms with Crippen LogP contribution in [-0.2, 0) is 26.2 Å². The lowest BCUT2D eigenvalue weighted by molar-refractivity contribution is -0.140. The Labute approximate surface area is 238 Å². The van der Waals surface area contributed by atoms with Gasteiger partial charge in [0.15, 0.2) is 0 Å². The van der Waals surface area contributed by atoms with E-state index in [1.54, 1.807) is 42.5 Å². The standard InChI is InChI=1S/C31H39N3O5S/c1-6-24(4)32-31(36)29(7-2)33(21-25-15-12-11-14-23(25)3)30(35)22-34(26-16-13-17-27(20-26)39-5)40(37,38)28-18-9-8-10-19-28/h8-20,24,29H,6-7,21-22H2,1-5H3,(H,32,36)/t24-,29+/m1/s1. The third-order valence-corrected chi connectivity index (χ3v) is 8.73. The van der Waals surface area contributed by atoms with Crippen LogP contribution in [0.3, 0.4) is 0 Å². The molecule has 0 aliphatic carbocycles. The molecule has 0 heterocycles. The maximum absolute atomic E-state index is 14.1. The average molecular weight is 566 g/mol. The summed E-state index contributed by atoms with van der Waals surface area (Å²) in [5.74, 6) is -0.302. The first-order valence-corrected chi connectivity index (χ1v) is 14.9. The highest BCUT2D eigenvalue weighted by Crippen LogP contribution is 2.28. The zero-order chi connectivity index (χ0) is 29.3. The molecule has 0 radical (unpaired) electrons. The molecule has 0 saturated carbocycles. The fourth-order valence-electron chi connectivity index (χ4n) is 4.35. The van der Waals surface area contributed by atoms with E-state index in [4.69, 9.17) is 4.74 Å². The van der Waals surface area contributed by atoms with Crippen molar-refractivity contribution in [1.82, 2.24) is 10.2 Å².